The van der Waals surface area contributed by atoms with Crippen LogP contribution in [0.15, 0.2) is 30.3 Å². The van der Waals surface area contributed by atoms with Crippen LogP contribution in [0.25, 0.3) is 0 Å². The molecule has 1 aromatic rings. The zero-order valence-corrected chi connectivity index (χ0v) is 13.2. The minimum Gasteiger partial charge on any atom is -0.390 e. The molecule has 2 atom stereocenters. The third-order valence-corrected chi connectivity index (χ3v) is 5.38. The molecule has 0 aliphatic carbocycles. The van der Waals surface area contributed by atoms with Crippen molar-refractivity contribution in [2.24, 2.45) is 0 Å². The van der Waals surface area contributed by atoms with E-state index in [1.165, 1.54) is 24.8 Å². The summed E-state index contributed by atoms with van der Waals surface area (Å²) in [6, 6.07) is 13.9. The highest BCUT2D eigenvalue weighted by atomic mass is 16.3. The van der Waals surface area contributed by atoms with Gasteiger partial charge >= 0.3 is 0 Å². The van der Waals surface area contributed by atoms with Gasteiger partial charge in [0.05, 0.1) is 11.7 Å². The molecule has 2 heterocycles. The zero-order valence-electron chi connectivity index (χ0n) is 13.2. The lowest BCUT2D eigenvalue weighted by molar-refractivity contribution is -0.0995. The van der Waals surface area contributed by atoms with Gasteiger partial charge in [0, 0.05) is 25.0 Å². The normalized spacial score (nSPS) is 31.6. The van der Waals surface area contributed by atoms with Gasteiger partial charge in [0.15, 0.2) is 0 Å². The first-order valence-corrected chi connectivity index (χ1v) is 8.59. The summed E-state index contributed by atoms with van der Waals surface area (Å²) in [5.74, 6) is 0. The summed E-state index contributed by atoms with van der Waals surface area (Å²) in [4.78, 5) is 2.62. The second kappa shape index (κ2) is 6.81. The van der Waals surface area contributed by atoms with Crippen molar-refractivity contribution < 1.29 is 5.11 Å². The molecule has 2 unspecified atom stereocenters. The minimum absolute atomic E-state index is 0.500. The van der Waals surface area contributed by atoms with Crippen molar-refractivity contribution in [1.29, 1.82) is 5.26 Å². The second-order valence-electron chi connectivity index (χ2n) is 7.04. The van der Waals surface area contributed by atoms with Crippen LogP contribution >= 0.6 is 0 Å². The van der Waals surface area contributed by atoms with E-state index in [1.54, 1.807) is 0 Å². The van der Waals surface area contributed by atoms with Crippen LogP contribution in [0.5, 0.6) is 0 Å². The standard InChI is InChI=1S/C19H26N2O/c20-12-5-4-11-19(22)13-17-9-6-10-18(14-19)21(17)15-16-7-2-1-3-8-16/h1-3,7-8,17-18,22H,4-6,9-11,13-15H2. The third-order valence-electron chi connectivity index (χ3n) is 5.38. The van der Waals surface area contributed by atoms with Crippen molar-refractivity contribution in [1.82, 2.24) is 4.90 Å². The number of nitrogens with zero attached hydrogens (tertiary/aromatic N) is 2. The van der Waals surface area contributed by atoms with E-state index in [9.17, 15) is 5.11 Å². The van der Waals surface area contributed by atoms with Crippen LogP contribution in [0.1, 0.15) is 56.9 Å². The summed E-state index contributed by atoms with van der Waals surface area (Å²) < 4.78 is 0. The molecule has 2 bridgehead atoms. The van der Waals surface area contributed by atoms with Crippen molar-refractivity contribution in [2.45, 2.75) is 75.6 Å². The number of benzene rings is 1. The van der Waals surface area contributed by atoms with Crippen LogP contribution in [0, 0.1) is 11.3 Å². The minimum atomic E-state index is -0.542. The highest BCUT2D eigenvalue weighted by Gasteiger charge is 2.44. The fourth-order valence-electron chi connectivity index (χ4n) is 4.37. The van der Waals surface area contributed by atoms with Gasteiger partial charge in [-0.3, -0.25) is 4.90 Å². The van der Waals surface area contributed by atoms with Crippen LogP contribution in [0.3, 0.4) is 0 Å². The summed E-state index contributed by atoms with van der Waals surface area (Å²) in [7, 11) is 0. The predicted octanol–water partition coefficient (Wildman–Crippen LogP) is 3.63. The maximum absolute atomic E-state index is 11.0. The first-order chi connectivity index (χ1) is 10.7. The number of nitriles is 1. The molecular weight excluding hydrogens is 272 g/mol. The number of hydrogen-bond acceptors (Lipinski definition) is 3. The Labute approximate surface area is 133 Å². The van der Waals surface area contributed by atoms with Crippen molar-refractivity contribution in [2.75, 3.05) is 0 Å². The van der Waals surface area contributed by atoms with E-state index >= 15 is 0 Å². The fourth-order valence-corrected chi connectivity index (χ4v) is 4.37. The van der Waals surface area contributed by atoms with E-state index in [2.05, 4.69) is 41.3 Å². The number of unbranched alkanes of at least 4 members (excludes halogenated alkanes) is 1. The van der Waals surface area contributed by atoms with Gasteiger partial charge in [-0.25, -0.2) is 0 Å². The van der Waals surface area contributed by atoms with Crippen LogP contribution in [0.2, 0.25) is 0 Å². The van der Waals surface area contributed by atoms with E-state index in [1.807, 2.05) is 0 Å². The van der Waals surface area contributed by atoms with Crippen LogP contribution in [0.4, 0.5) is 0 Å². The van der Waals surface area contributed by atoms with E-state index in [4.69, 9.17) is 5.26 Å². The molecule has 1 N–H and O–H groups in total. The highest BCUT2D eigenvalue weighted by Crippen LogP contribution is 2.42. The van der Waals surface area contributed by atoms with Gasteiger partial charge in [0.25, 0.3) is 0 Å². The zero-order chi connectivity index (χ0) is 15.4. The lowest BCUT2D eigenvalue weighted by atomic mass is 9.73. The molecule has 2 aliphatic heterocycles. The highest BCUT2D eigenvalue weighted by molar-refractivity contribution is 5.15. The molecule has 0 spiro atoms. The number of rotatable bonds is 5. The molecule has 3 nitrogen and oxygen atoms in total. The second-order valence-corrected chi connectivity index (χ2v) is 7.04. The van der Waals surface area contributed by atoms with Crippen LogP contribution in [-0.4, -0.2) is 27.7 Å². The molecule has 2 fully saturated rings. The van der Waals surface area contributed by atoms with E-state index in [0.717, 1.165) is 32.2 Å². The Morgan fingerprint density at radius 3 is 2.50 bits per heavy atom. The summed E-state index contributed by atoms with van der Waals surface area (Å²) in [6.45, 7) is 1.00. The average molecular weight is 298 g/mol. The molecule has 3 rings (SSSR count). The Morgan fingerprint density at radius 1 is 1.18 bits per heavy atom. The average Bonchev–Trinajstić information content (AvgIpc) is 2.50. The van der Waals surface area contributed by atoms with Crippen LogP contribution in [-0.2, 0) is 6.54 Å². The first-order valence-electron chi connectivity index (χ1n) is 8.59. The van der Waals surface area contributed by atoms with Gasteiger partial charge in [0.2, 0.25) is 0 Å². The van der Waals surface area contributed by atoms with Gasteiger partial charge in [-0.2, -0.15) is 5.26 Å². The maximum atomic E-state index is 11.0. The number of aliphatic hydroxyl groups is 1. The van der Waals surface area contributed by atoms with Crippen molar-refractivity contribution in [3.8, 4) is 6.07 Å². The number of piperidine rings is 2. The molecular formula is C19H26N2O. The van der Waals surface area contributed by atoms with Gasteiger partial charge in [-0.15, -0.1) is 0 Å². The molecule has 118 valence electrons. The summed E-state index contributed by atoms with van der Waals surface area (Å²) >= 11 is 0. The Balaban J connectivity index is 1.67. The Hall–Kier alpha value is -1.37. The van der Waals surface area contributed by atoms with Crippen molar-refractivity contribution >= 4 is 0 Å². The molecule has 3 heteroatoms. The number of fused-ring (bicyclic) bond motifs is 2. The molecule has 0 amide bonds. The predicted molar refractivity (Wildman–Crippen MR) is 87.1 cm³/mol. The fraction of sp³-hybridized carbons (Fsp3) is 0.632. The molecule has 1 aromatic carbocycles. The molecule has 22 heavy (non-hydrogen) atoms. The Bertz CT molecular complexity index is 508. The molecule has 2 aliphatic rings. The lowest BCUT2D eigenvalue weighted by Gasteiger charge is -2.52. The van der Waals surface area contributed by atoms with E-state index < -0.39 is 5.60 Å². The summed E-state index contributed by atoms with van der Waals surface area (Å²) in [5, 5.41) is 19.7. The SMILES string of the molecule is N#CCCCC1(O)CC2CCCC(C1)N2Cc1ccccc1. The largest absolute Gasteiger partial charge is 0.390 e. The molecule has 2 saturated heterocycles. The molecule has 0 aromatic heterocycles. The Kier molecular flexibility index (Phi) is 4.81. The van der Waals surface area contributed by atoms with Crippen molar-refractivity contribution in [3.63, 3.8) is 0 Å². The van der Waals surface area contributed by atoms with Gasteiger partial charge in [-0.05, 0) is 44.1 Å². The Morgan fingerprint density at radius 2 is 1.86 bits per heavy atom. The summed E-state index contributed by atoms with van der Waals surface area (Å²) in [6.07, 6.45) is 7.61. The third kappa shape index (κ3) is 3.51. The summed E-state index contributed by atoms with van der Waals surface area (Å²) in [5.41, 5.74) is 0.828. The number of hydrogen-bond donors (Lipinski definition) is 1. The van der Waals surface area contributed by atoms with Gasteiger partial charge < -0.3 is 5.11 Å². The maximum Gasteiger partial charge on any atom is 0.0678 e. The quantitative estimate of drug-likeness (QED) is 0.844. The monoisotopic (exact) mass is 298 g/mol. The van der Waals surface area contributed by atoms with E-state index in [0.29, 0.717) is 18.5 Å². The molecule has 0 radical (unpaired) electrons. The van der Waals surface area contributed by atoms with Gasteiger partial charge in [-0.1, -0.05) is 36.8 Å². The lowest BCUT2D eigenvalue weighted by Crippen LogP contribution is -2.57. The van der Waals surface area contributed by atoms with E-state index in [-0.39, 0.29) is 0 Å². The first kappa shape index (κ1) is 15.5. The smallest absolute Gasteiger partial charge is 0.0678 e. The molecule has 0 saturated carbocycles. The van der Waals surface area contributed by atoms with Gasteiger partial charge in [0.1, 0.15) is 0 Å². The topological polar surface area (TPSA) is 47.3 Å². The van der Waals surface area contributed by atoms with Crippen molar-refractivity contribution in [3.05, 3.63) is 35.9 Å². The van der Waals surface area contributed by atoms with Crippen LogP contribution < -0.4 is 0 Å².